The topological polar surface area (TPSA) is 95.3 Å². The summed E-state index contributed by atoms with van der Waals surface area (Å²) in [4.78, 5) is 38.0. The number of H-pyrrole nitrogens is 1. The Morgan fingerprint density at radius 3 is 2.44 bits per heavy atom. The fourth-order valence-corrected chi connectivity index (χ4v) is 5.06. The van der Waals surface area contributed by atoms with Crippen molar-refractivity contribution in [2.75, 3.05) is 31.1 Å². The van der Waals surface area contributed by atoms with Crippen LogP contribution in [0.1, 0.15) is 16.2 Å². The molecule has 162 valence electrons. The van der Waals surface area contributed by atoms with Gasteiger partial charge in [-0.15, -0.1) is 11.3 Å². The molecule has 32 heavy (non-hydrogen) atoms. The molecule has 0 unspecified atom stereocenters. The maximum atomic E-state index is 12.6. The van der Waals surface area contributed by atoms with Crippen molar-refractivity contribution in [1.82, 2.24) is 14.9 Å². The SMILES string of the molecule is NC(=O)c1ccc(N2CCN(Cc3nc4sc(-c5ccccc5)cc4c(=O)[nH]3)CC2)cc1. The number of piperazine rings is 1. The highest BCUT2D eigenvalue weighted by Gasteiger charge is 2.19. The van der Waals surface area contributed by atoms with Gasteiger partial charge in [-0.1, -0.05) is 30.3 Å². The molecule has 0 bridgehead atoms. The Morgan fingerprint density at radius 1 is 1.03 bits per heavy atom. The van der Waals surface area contributed by atoms with Gasteiger partial charge in [-0.25, -0.2) is 4.98 Å². The Hall–Kier alpha value is -3.49. The molecule has 2 aromatic carbocycles. The van der Waals surface area contributed by atoms with Crippen LogP contribution >= 0.6 is 11.3 Å². The van der Waals surface area contributed by atoms with Crippen LogP contribution in [0.25, 0.3) is 20.7 Å². The minimum absolute atomic E-state index is 0.0865. The molecule has 1 fully saturated rings. The molecule has 1 aliphatic rings. The smallest absolute Gasteiger partial charge is 0.259 e. The van der Waals surface area contributed by atoms with E-state index in [1.54, 1.807) is 23.5 Å². The molecule has 0 radical (unpaired) electrons. The van der Waals surface area contributed by atoms with Crippen molar-refractivity contribution in [3.8, 4) is 10.4 Å². The summed E-state index contributed by atoms with van der Waals surface area (Å²) in [5.41, 5.74) is 7.92. The molecule has 0 saturated carbocycles. The van der Waals surface area contributed by atoms with Crippen molar-refractivity contribution in [3.05, 3.63) is 82.4 Å². The van der Waals surface area contributed by atoms with E-state index >= 15 is 0 Å². The van der Waals surface area contributed by atoms with Gasteiger partial charge in [-0.05, 0) is 35.9 Å². The third-order valence-corrected chi connectivity index (χ3v) is 6.85. The van der Waals surface area contributed by atoms with E-state index in [2.05, 4.69) is 14.8 Å². The normalized spacial score (nSPS) is 14.7. The zero-order valence-corrected chi connectivity index (χ0v) is 18.3. The molecular weight excluding hydrogens is 422 g/mol. The van der Waals surface area contributed by atoms with Crippen LogP contribution in [-0.4, -0.2) is 47.0 Å². The minimum atomic E-state index is -0.415. The van der Waals surface area contributed by atoms with Crippen LogP contribution in [0.15, 0.2) is 65.5 Å². The van der Waals surface area contributed by atoms with Crippen molar-refractivity contribution in [2.45, 2.75) is 6.54 Å². The second-order valence-corrected chi connectivity index (χ2v) is 8.91. The van der Waals surface area contributed by atoms with Gasteiger partial charge in [-0.3, -0.25) is 14.5 Å². The zero-order valence-electron chi connectivity index (χ0n) is 17.5. The Morgan fingerprint density at radius 2 is 1.75 bits per heavy atom. The number of carbonyl (C=O) groups excluding carboxylic acids is 1. The fourth-order valence-electron chi connectivity index (χ4n) is 4.01. The fraction of sp³-hybridized carbons (Fsp3) is 0.208. The molecule has 3 heterocycles. The van der Waals surface area contributed by atoms with E-state index in [9.17, 15) is 9.59 Å². The lowest BCUT2D eigenvalue weighted by Crippen LogP contribution is -2.46. The number of hydrogen-bond donors (Lipinski definition) is 2. The molecule has 1 saturated heterocycles. The van der Waals surface area contributed by atoms with Crippen LogP contribution in [-0.2, 0) is 6.54 Å². The number of nitrogens with two attached hydrogens (primary N) is 1. The first-order valence-electron chi connectivity index (χ1n) is 10.5. The monoisotopic (exact) mass is 445 g/mol. The lowest BCUT2D eigenvalue weighted by molar-refractivity contribution is 0.100. The largest absolute Gasteiger partial charge is 0.369 e. The van der Waals surface area contributed by atoms with Crippen LogP contribution < -0.4 is 16.2 Å². The number of amides is 1. The number of nitrogens with one attached hydrogen (secondary N) is 1. The van der Waals surface area contributed by atoms with Crippen LogP contribution in [0.2, 0.25) is 0 Å². The van der Waals surface area contributed by atoms with Gasteiger partial charge in [0, 0.05) is 42.3 Å². The number of benzene rings is 2. The van der Waals surface area contributed by atoms with Crippen molar-refractivity contribution >= 4 is 33.1 Å². The summed E-state index contributed by atoms with van der Waals surface area (Å²) in [6.07, 6.45) is 0. The molecule has 8 heteroatoms. The van der Waals surface area contributed by atoms with E-state index in [1.807, 2.05) is 48.5 Å². The molecule has 0 spiro atoms. The molecule has 0 atom stereocenters. The number of nitrogens with zero attached hydrogens (tertiary/aromatic N) is 3. The van der Waals surface area contributed by atoms with Crippen molar-refractivity contribution in [3.63, 3.8) is 0 Å². The average Bonchev–Trinajstić information content (AvgIpc) is 3.25. The molecule has 1 amide bonds. The molecule has 0 aliphatic carbocycles. The third kappa shape index (κ3) is 4.15. The molecule has 5 rings (SSSR count). The number of aromatic amines is 1. The molecule has 3 N–H and O–H groups in total. The van der Waals surface area contributed by atoms with Gasteiger partial charge in [0.2, 0.25) is 5.91 Å². The van der Waals surface area contributed by atoms with Gasteiger partial charge < -0.3 is 15.6 Å². The van der Waals surface area contributed by atoms with E-state index in [4.69, 9.17) is 10.7 Å². The number of rotatable bonds is 5. The van der Waals surface area contributed by atoms with Gasteiger partial charge in [0.25, 0.3) is 5.56 Å². The lowest BCUT2D eigenvalue weighted by Gasteiger charge is -2.35. The summed E-state index contributed by atoms with van der Waals surface area (Å²) in [5, 5.41) is 0.641. The second kappa shape index (κ2) is 8.57. The predicted octanol–water partition coefficient (Wildman–Crippen LogP) is 3.07. The number of primary amides is 1. The highest BCUT2D eigenvalue weighted by atomic mass is 32.1. The van der Waals surface area contributed by atoms with Gasteiger partial charge in [0.05, 0.1) is 11.9 Å². The number of thiophene rings is 1. The number of aromatic nitrogens is 2. The van der Waals surface area contributed by atoms with Crippen molar-refractivity contribution in [2.24, 2.45) is 5.73 Å². The van der Waals surface area contributed by atoms with Crippen molar-refractivity contribution in [1.29, 1.82) is 0 Å². The molecule has 2 aromatic heterocycles. The molecule has 4 aromatic rings. The number of fused-ring (bicyclic) bond motifs is 1. The third-order valence-electron chi connectivity index (χ3n) is 5.77. The summed E-state index contributed by atoms with van der Waals surface area (Å²) >= 11 is 1.55. The Kier molecular flexibility index (Phi) is 5.46. The van der Waals surface area contributed by atoms with Crippen LogP contribution in [0.5, 0.6) is 0 Å². The van der Waals surface area contributed by atoms with Crippen LogP contribution in [0, 0.1) is 0 Å². The van der Waals surface area contributed by atoms with Crippen LogP contribution in [0.4, 0.5) is 5.69 Å². The summed E-state index contributed by atoms with van der Waals surface area (Å²) in [7, 11) is 0. The predicted molar refractivity (Wildman–Crippen MR) is 128 cm³/mol. The zero-order chi connectivity index (χ0) is 22.1. The Bertz CT molecular complexity index is 1310. The van der Waals surface area contributed by atoms with E-state index in [0.717, 1.165) is 47.1 Å². The highest BCUT2D eigenvalue weighted by Crippen LogP contribution is 2.30. The quantitative estimate of drug-likeness (QED) is 0.492. The van der Waals surface area contributed by atoms with Crippen molar-refractivity contribution < 1.29 is 4.79 Å². The minimum Gasteiger partial charge on any atom is -0.369 e. The summed E-state index contributed by atoms with van der Waals surface area (Å²) < 4.78 is 0. The van der Waals surface area contributed by atoms with Gasteiger partial charge in [0.15, 0.2) is 0 Å². The first-order chi connectivity index (χ1) is 15.6. The second-order valence-electron chi connectivity index (χ2n) is 7.88. The molecule has 1 aliphatic heterocycles. The number of hydrogen-bond acceptors (Lipinski definition) is 6. The number of anilines is 1. The Labute approximate surface area is 189 Å². The van der Waals surface area contributed by atoms with Gasteiger partial charge in [0.1, 0.15) is 10.7 Å². The maximum absolute atomic E-state index is 12.6. The summed E-state index contributed by atoms with van der Waals surface area (Å²) in [6, 6.07) is 19.4. The highest BCUT2D eigenvalue weighted by molar-refractivity contribution is 7.21. The van der Waals surface area contributed by atoms with E-state index in [1.165, 1.54) is 0 Å². The average molecular weight is 446 g/mol. The van der Waals surface area contributed by atoms with E-state index < -0.39 is 5.91 Å². The first-order valence-corrected chi connectivity index (χ1v) is 11.3. The Balaban J connectivity index is 1.27. The maximum Gasteiger partial charge on any atom is 0.259 e. The van der Waals surface area contributed by atoms with E-state index in [0.29, 0.717) is 23.3 Å². The standard InChI is InChI=1S/C24H23N5O2S/c25-22(30)17-6-8-18(9-7-17)29-12-10-28(11-13-29)15-21-26-23(31)19-14-20(32-24(19)27-21)16-4-2-1-3-5-16/h1-9,14H,10-13,15H2,(H2,25,30)(H,26,27,31). The van der Waals surface area contributed by atoms with Gasteiger partial charge in [-0.2, -0.15) is 0 Å². The van der Waals surface area contributed by atoms with Gasteiger partial charge >= 0.3 is 0 Å². The first kappa shape index (κ1) is 20.4. The van der Waals surface area contributed by atoms with Crippen LogP contribution in [0.3, 0.4) is 0 Å². The lowest BCUT2D eigenvalue weighted by atomic mass is 10.1. The number of carbonyl (C=O) groups is 1. The molecular formula is C24H23N5O2S. The molecule has 7 nitrogen and oxygen atoms in total. The summed E-state index contributed by atoms with van der Waals surface area (Å²) in [5.74, 6) is 0.282. The summed E-state index contributed by atoms with van der Waals surface area (Å²) in [6.45, 7) is 4.05. The van der Waals surface area contributed by atoms with E-state index in [-0.39, 0.29) is 5.56 Å².